The summed E-state index contributed by atoms with van der Waals surface area (Å²) in [6, 6.07) is 15.5. The normalized spacial score (nSPS) is 11.9. The van der Waals surface area contributed by atoms with Crippen molar-refractivity contribution in [2.24, 2.45) is 0 Å². The van der Waals surface area contributed by atoms with Crippen molar-refractivity contribution < 1.29 is 0 Å². The summed E-state index contributed by atoms with van der Waals surface area (Å²) in [7, 11) is 0. The van der Waals surface area contributed by atoms with Crippen molar-refractivity contribution in [1.29, 1.82) is 0 Å². The molecule has 0 saturated carbocycles. The van der Waals surface area contributed by atoms with Crippen LogP contribution in [0.2, 0.25) is 0 Å². The van der Waals surface area contributed by atoms with Gasteiger partial charge in [0.05, 0.1) is 0 Å². The lowest BCUT2D eigenvalue weighted by Crippen LogP contribution is -2.25. The van der Waals surface area contributed by atoms with Crippen LogP contribution >= 0.6 is 0 Å². The van der Waals surface area contributed by atoms with Crippen LogP contribution in [0.1, 0.15) is 39.2 Å². The quantitative estimate of drug-likeness (QED) is 0.749. The smallest absolute Gasteiger partial charge is 0.00406 e. The molecule has 0 aliphatic heterocycles. The van der Waals surface area contributed by atoms with E-state index >= 15 is 0 Å². The molecule has 0 amide bonds. The topological polar surface area (TPSA) is 12.0 Å². The minimum atomic E-state index is 0.227. The zero-order valence-corrected chi connectivity index (χ0v) is 12.4. The molecule has 102 valence electrons. The van der Waals surface area contributed by atoms with E-state index in [0.717, 1.165) is 13.1 Å². The van der Waals surface area contributed by atoms with Crippen molar-refractivity contribution in [2.75, 3.05) is 13.1 Å². The first-order chi connectivity index (χ1) is 9.13. The van der Waals surface area contributed by atoms with Gasteiger partial charge < -0.3 is 5.32 Å². The Morgan fingerprint density at radius 1 is 0.947 bits per heavy atom. The summed E-state index contributed by atoms with van der Waals surface area (Å²) in [5, 5.41) is 6.17. The van der Waals surface area contributed by atoms with E-state index in [1.807, 2.05) is 0 Å². The van der Waals surface area contributed by atoms with Crippen LogP contribution in [0.25, 0.3) is 10.8 Å². The van der Waals surface area contributed by atoms with E-state index in [1.165, 1.54) is 29.2 Å². The lowest BCUT2D eigenvalue weighted by molar-refractivity contribution is 0.457. The Kier molecular flexibility index (Phi) is 4.60. The van der Waals surface area contributed by atoms with E-state index in [0.29, 0.717) is 0 Å². The van der Waals surface area contributed by atoms with Crippen LogP contribution in [0.3, 0.4) is 0 Å². The molecule has 0 heterocycles. The molecule has 0 aromatic heterocycles. The van der Waals surface area contributed by atoms with Gasteiger partial charge in [-0.25, -0.2) is 0 Å². The molecule has 1 heteroatoms. The lowest BCUT2D eigenvalue weighted by atomic mass is 9.81. The molecule has 2 aromatic carbocycles. The molecular weight excluding hydrogens is 230 g/mol. The van der Waals surface area contributed by atoms with Crippen LogP contribution in [0, 0.1) is 0 Å². The predicted molar refractivity (Wildman–Crippen MR) is 84.8 cm³/mol. The molecule has 0 atom stereocenters. The average molecular weight is 255 g/mol. The van der Waals surface area contributed by atoms with E-state index in [-0.39, 0.29) is 5.41 Å². The van der Waals surface area contributed by atoms with E-state index in [9.17, 15) is 0 Å². The number of fused-ring (bicyclic) bond motifs is 1. The van der Waals surface area contributed by atoms with Crippen LogP contribution in [0.4, 0.5) is 0 Å². The van der Waals surface area contributed by atoms with Crippen molar-refractivity contribution in [3.8, 4) is 0 Å². The molecule has 0 aliphatic carbocycles. The molecule has 1 nitrogen and oxygen atoms in total. The van der Waals surface area contributed by atoms with E-state index in [1.54, 1.807) is 0 Å². The maximum Gasteiger partial charge on any atom is -0.00406 e. The average Bonchev–Trinajstić information content (AvgIpc) is 2.43. The largest absolute Gasteiger partial charge is 0.317 e. The molecular formula is C18H25N. The fourth-order valence-electron chi connectivity index (χ4n) is 2.46. The highest BCUT2D eigenvalue weighted by molar-refractivity contribution is 5.83. The zero-order chi connectivity index (χ0) is 13.7. The second-order valence-electron chi connectivity index (χ2n) is 5.95. The minimum absolute atomic E-state index is 0.227. The van der Waals surface area contributed by atoms with Gasteiger partial charge in [-0.1, -0.05) is 63.2 Å². The maximum absolute atomic E-state index is 3.50. The summed E-state index contributed by atoms with van der Waals surface area (Å²) in [6.07, 6.45) is 2.38. The third-order valence-corrected chi connectivity index (χ3v) is 3.88. The molecule has 1 N–H and O–H groups in total. The van der Waals surface area contributed by atoms with E-state index < -0.39 is 0 Å². The number of nitrogens with one attached hydrogen (secondary N) is 1. The predicted octanol–water partition coefficient (Wildman–Crippen LogP) is 4.51. The number of hydrogen-bond donors (Lipinski definition) is 1. The molecule has 0 bridgehead atoms. The highest BCUT2D eigenvalue weighted by Crippen LogP contribution is 2.29. The Labute approximate surface area is 117 Å². The van der Waals surface area contributed by atoms with Crippen LogP contribution in [0.5, 0.6) is 0 Å². The van der Waals surface area contributed by atoms with Crippen molar-refractivity contribution in [3.63, 3.8) is 0 Å². The summed E-state index contributed by atoms with van der Waals surface area (Å²) < 4.78 is 0. The van der Waals surface area contributed by atoms with Crippen LogP contribution < -0.4 is 5.32 Å². The molecule has 0 aliphatic rings. The first-order valence-corrected chi connectivity index (χ1v) is 7.33. The van der Waals surface area contributed by atoms with Crippen molar-refractivity contribution >= 4 is 10.8 Å². The molecule has 0 unspecified atom stereocenters. The first-order valence-electron chi connectivity index (χ1n) is 7.33. The second-order valence-corrected chi connectivity index (χ2v) is 5.95. The number of hydrogen-bond acceptors (Lipinski definition) is 1. The van der Waals surface area contributed by atoms with Crippen LogP contribution in [-0.4, -0.2) is 13.1 Å². The van der Waals surface area contributed by atoms with Crippen molar-refractivity contribution in [1.82, 2.24) is 5.32 Å². The highest BCUT2D eigenvalue weighted by atomic mass is 14.8. The first kappa shape index (κ1) is 14.1. The third-order valence-electron chi connectivity index (χ3n) is 3.88. The number of rotatable bonds is 6. The van der Waals surface area contributed by atoms with Gasteiger partial charge in [-0.15, -0.1) is 0 Å². The second kappa shape index (κ2) is 6.21. The molecule has 0 spiro atoms. The Balaban J connectivity index is 2.12. The summed E-state index contributed by atoms with van der Waals surface area (Å²) >= 11 is 0. The molecule has 0 radical (unpaired) electrons. The lowest BCUT2D eigenvalue weighted by Gasteiger charge is -2.26. The Morgan fingerprint density at radius 3 is 2.42 bits per heavy atom. The van der Waals surface area contributed by atoms with Gasteiger partial charge in [0, 0.05) is 0 Å². The molecule has 0 saturated heterocycles. The summed E-state index contributed by atoms with van der Waals surface area (Å²) in [5.41, 5.74) is 1.66. The molecule has 19 heavy (non-hydrogen) atoms. The van der Waals surface area contributed by atoms with Gasteiger partial charge in [-0.3, -0.25) is 0 Å². The van der Waals surface area contributed by atoms with Gasteiger partial charge in [-0.05, 0) is 47.7 Å². The van der Waals surface area contributed by atoms with Gasteiger partial charge in [-0.2, -0.15) is 0 Å². The summed E-state index contributed by atoms with van der Waals surface area (Å²) in [6.45, 7) is 9.10. The fraction of sp³-hybridized carbons (Fsp3) is 0.444. The highest BCUT2D eigenvalue weighted by Gasteiger charge is 2.20. The third kappa shape index (κ3) is 3.57. The zero-order valence-electron chi connectivity index (χ0n) is 12.4. The van der Waals surface area contributed by atoms with Gasteiger partial charge in [0.1, 0.15) is 0 Å². The monoisotopic (exact) mass is 255 g/mol. The van der Waals surface area contributed by atoms with Gasteiger partial charge in [0.15, 0.2) is 0 Å². The Morgan fingerprint density at radius 2 is 1.68 bits per heavy atom. The number of benzene rings is 2. The molecule has 2 aromatic rings. The van der Waals surface area contributed by atoms with Gasteiger partial charge >= 0.3 is 0 Å². The Bertz CT molecular complexity index is 528. The summed E-state index contributed by atoms with van der Waals surface area (Å²) in [4.78, 5) is 0. The standard InChI is InChI=1S/C18H25N/c1-4-12-19-13-11-18(2,3)17-10-9-15-7-5-6-8-16(15)14-17/h5-10,14,19H,4,11-13H2,1-3H3. The minimum Gasteiger partial charge on any atom is -0.317 e. The van der Waals surface area contributed by atoms with Gasteiger partial charge in [0.25, 0.3) is 0 Å². The van der Waals surface area contributed by atoms with E-state index in [4.69, 9.17) is 0 Å². The molecule has 0 fully saturated rings. The van der Waals surface area contributed by atoms with Gasteiger partial charge in [0.2, 0.25) is 0 Å². The Hall–Kier alpha value is -1.34. The molecule has 2 rings (SSSR count). The van der Waals surface area contributed by atoms with Crippen molar-refractivity contribution in [3.05, 3.63) is 48.0 Å². The van der Waals surface area contributed by atoms with E-state index in [2.05, 4.69) is 68.6 Å². The summed E-state index contributed by atoms with van der Waals surface area (Å²) in [5.74, 6) is 0. The SMILES string of the molecule is CCCNCCC(C)(C)c1ccc2ccccc2c1. The van der Waals surface area contributed by atoms with Crippen LogP contribution in [0.15, 0.2) is 42.5 Å². The van der Waals surface area contributed by atoms with Crippen LogP contribution in [-0.2, 0) is 5.41 Å². The maximum atomic E-state index is 3.50. The van der Waals surface area contributed by atoms with Crippen molar-refractivity contribution in [2.45, 2.75) is 39.0 Å². The fourth-order valence-corrected chi connectivity index (χ4v) is 2.46.